The zero-order chi connectivity index (χ0) is 13.8. The molecule has 0 saturated heterocycles. The summed E-state index contributed by atoms with van der Waals surface area (Å²) in [5, 5.41) is 8.60. The topological polar surface area (TPSA) is 57.6 Å². The van der Waals surface area contributed by atoms with Crippen molar-refractivity contribution >= 4 is 18.0 Å². The summed E-state index contributed by atoms with van der Waals surface area (Å²) >= 11 is 0. The molecular weight excluding hydrogens is 242 g/mol. The highest BCUT2D eigenvalue weighted by Crippen LogP contribution is 2.28. The van der Waals surface area contributed by atoms with Crippen molar-refractivity contribution in [2.75, 3.05) is 6.54 Å². The molecule has 4 heteroatoms. The van der Waals surface area contributed by atoms with E-state index in [0.29, 0.717) is 18.2 Å². The first-order chi connectivity index (χ1) is 9.11. The van der Waals surface area contributed by atoms with Gasteiger partial charge in [-0.25, -0.2) is 4.79 Å². The first-order valence-electron chi connectivity index (χ1n) is 6.44. The van der Waals surface area contributed by atoms with E-state index in [0.717, 1.165) is 24.5 Å². The molecule has 0 unspecified atom stereocenters. The first-order valence-corrected chi connectivity index (χ1v) is 6.44. The van der Waals surface area contributed by atoms with Gasteiger partial charge in [-0.2, -0.15) is 0 Å². The van der Waals surface area contributed by atoms with Crippen molar-refractivity contribution in [3.8, 4) is 0 Å². The van der Waals surface area contributed by atoms with E-state index in [-0.39, 0.29) is 5.91 Å². The van der Waals surface area contributed by atoms with Crippen LogP contribution in [0.1, 0.15) is 35.7 Å². The number of hydrogen-bond donors (Lipinski definition) is 1. The SMILES string of the molecule is CCN(C(=O)c1cccc(C=CC(=O)O)c1)C1CC1. The van der Waals surface area contributed by atoms with Gasteiger partial charge in [0.1, 0.15) is 0 Å². The Bertz CT molecular complexity index is 518. The molecule has 0 spiro atoms. The van der Waals surface area contributed by atoms with E-state index < -0.39 is 5.97 Å². The summed E-state index contributed by atoms with van der Waals surface area (Å²) in [5.41, 5.74) is 1.33. The van der Waals surface area contributed by atoms with E-state index >= 15 is 0 Å². The van der Waals surface area contributed by atoms with E-state index in [9.17, 15) is 9.59 Å². The molecule has 1 amide bonds. The Morgan fingerprint density at radius 3 is 2.74 bits per heavy atom. The monoisotopic (exact) mass is 259 g/mol. The maximum absolute atomic E-state index is 12.3. The zero-order valence-electron chi connectivity index (χ0n) is 10.9. The molecule has 0 radical (unpaired) electrons. The van der Waals surface area contributed by atoms with Crippen LogP contribution in [0.3, 0.4) is 0 Å². The van der Waals surface area contributed by atoms with Crippen LogP contribution in [0.5, 0.6) is 0 Å². The summed E-state index contributed by atoms with van der Waals surface area (Å²) in [7, 11) is 0. The fourth-order valence-corrected chi connectivity index (χ4v) is 2.06. The van der Waals surface area contributed by atoms with E-state index in [1.807, 2.05) is 11.8 Å². The third kappa shape index (κ3) is 3.44. The predicted octanol–water partition coefficient (Wildman–Crippen LogP) is 2.41. The van der Waals surface area contributed by atoms with Crippen molar-refractivity contribution in [2.45, 2.75) is 25.8 Å². The van der Waals surface area contributed by atoms with Crippen LogP contribution in [-0.2, 0) is 4.79 Å². The molecule has 1 aliphatic carbocycles. The van der Waals surface area contributed by atoms with E-state index in [1.54, 1.807) is 24.3 Å². The van der Waals surface area contributed by atoms with Crippen molar-refractivity contribution in [1.82, 2.24) is 4.90 Å². The molecule has 0 aliphatic heterocycles. The molecule has 4 nitrogen and oxygen atoms in total. The summed E-state index contributed by atoms with van der Waals surface area (Å²) in [4.78, 5) is 24.7. The number of nitrogens with zero attached hydrogens (tertiary/aromatic N) is 1. The first kappa shape index (κ1) is 13.3. The van der Waals surface area contributed by atoms with Crippen molar-refractivity contribution < 1.29 is 14.7 Å². The summed E-state index contributed by atoms with van der Waals surface area (Å²) in [6.45, 7) is 2.68. The van der Waals surface area contributed by atoms with Crippen LogP contribution in [0.4, 0.5) is 0 Å². The highest BCUT2D eigenvalue weighted by Gasteiger charge is 2.31. The minimum atomic E-state index is -0.995. The Morgan fingerprint density at radius 1 is 1.42 bits per heavy atom. The maximum atomic E-state index is 12.3. The molecule has 1 aromatic rings. The van der Waals surface area contributed by atoms with Crippen LogP contribution in [0.25, 0.3) is 6.08 Å². The molecule has 0 atom stereocenters. The number of hydrogen-bond acceptors (Lipinski definition) is 2. The number of amides is 1. The molecule has 1 saturated carbocycles. The average Bonchev–Trinajstić information content (AvgIpc) is 3.22. The fraction of sp³-hybridized carbons (Fsp3) is 0.333. The number of carbonyl (C=O) groups is 2. The lowest BCUT2D eigenvalue weighted by molar-refractivity contribution is -0.131. The minimum Gasteiger partial charge on any atom is -0.478 e. The lowest BCUT2D eigenvalue weighted by Gasteiger charge is -2.20. The maximum Gasteiger partial charge on any atom is 0.328 e. The van der Waals surface area contributed by atoms with Crippen molar-refractivity contribution in [2.24, 2.45) is 0 Å². The second-order valence-corrected chi connectivity index (χ2v) is 4.62. The zero-order valence-corrected chi connectivity index (χ0v) is 10.9. The van der Waals surface area contributed by atoms with Crippen molar-refractivity contribution in [1.29, 1.82) is 0 Å². The van der Waals surface area contributed by atoms with Gasteiger partial charge in [0, 0.05) is 24.2 Å². The van der Waals surface area contributed by atoms with Crippen LogP contribution in [-0.4, -0.2) is 34.5 Å². The average molecular weight is 259 g/mol. The quantitative estimate of drug-likeness (QED) is 0.826. The second-order valence-electron chi connectivity index (χ2n) is 4.62. The number of carbonyl (C=O) groups excluding carboxylic acids is 1. The van der Waals surface area contributed by atoms with E-state index in [2.05, 4.69) is 0 Å². The molecule has 1 N–H and O–H groups in total. The summed E-state index contributed by atoms with van der Waals surface area (Å²) in [6, 6.07) is 7.44. The highest BCUT2D eigenvalue weighted by atomic mass is 16.4. The molecule has 100 valence electrons. The van der Waals surface area contributed by atoms with Gasteiger partial charge in [0.15, 0.2) is 0 Å². The van der Waals surface area contributed by atoms with Gasteiger partial charge in [-0.05, 0) is 43.5 Å². The smallest absolute Gasteiger partial charge is 0.328 e. The van der Waals surface area contributed by atoms with Gasteiger partial charge in [-0.15, -0.1) is 0 Å². The molecule has 0 bridgehead atoms. The van der Waals surface area contributed by atoms with Crippen LogP contribution in [0.2, 0.25) is 0 Å². The van der Waals surface area contributed by atoms with Gasteiger partial charge in [0.05, 0.1) is 0 Å². The Kier molecular flexibility index (Phi) is 4.00. The number of aliphatic carboxylic acids is 1. The van der Waals surface area contributed by atoms with E-state index in [4.69, 9.17) is 5.11 Å². The van der Waals surface area contributed by atoms with Crippen LogP contribution < -0.4 is 0 Å². The fourth-order valence-electron chi connectivity index (χ4n) is 2.06. The summed E-state index contributed by atoms with van der Waals surface area (Å²) < 4.78 is 0. The standard InChI is InChI=1S/C15H17NO3/c1-2-16(13-7-8-13)15(19)12-5-3-4-11(10-12)6-9-14(17)18/h3-6,9-10,13H,2,7-8H2,1H3,(H,17,18). The summed E-state index contributed by atoms with van der Waals surface area (Å²) in [5.74, 6) is -0.972. The Balaban J connectivity index is 2.17. The molecule has 2 rings (SSSR count). The Hall–Kier alpha value is -2.10. The largest absolute Gasteiger partial charge is 0.478 e. The lowest BCUT2D eigenvalue weighted by atomic mass is 10.1. The third-order valence-corrected chi connectivity index (χ3v) is 3.14. The summed E-state index contributed by atoms with van der Waals surface area (Å²) in [6.07, 6.45) is 4.73. The van der Waals surface area contributed by atoms with Gasteiger partial charge < -0.3 is 10.0 Å². The van der Waals surface area contributed by atoms with Gasteiger partial charge in [-0.3, -0.25) is 4.79 Å². The molecule has 1 aliphatic rings. The molecule has 0 aromatic heterocycles. The van der Waals surface area contributed by atoms with Gasteiger partial charge >= 0.3 is 5.97 Å². The van der Waals surface area contributed by atoms with Crippen LogP contribution in [0.15, 0.2) is 30.3 Å². The Morgan fingerprint density at radius 2 is 2.16 bits per heavy atom. The molecule has 1 fully saturated rings. The van der Waals surface area contributed by atoms with Crippen molar-refractivity contribution in [3.05, 3.63) is 41.5 Å². The highest BCUT2D eigenvalue weighted by molar-refractivity contribution is 5.95. The Labute approximate surface area is 112 Å². The molecule has 1 aromatic carbocycles. The second kappa shape index (κ2) is 5.69. The van der Waals surface area contributed by atoms with Gasteiger partial charge in [0.2, 0.25) is 0 Å². The number of benzene rings is 1. The number of carboxylic acids is 1. The molecular formula is C15H17NO3. The molecule has 19 heavy (non-hydrogen) atoms. The minimum absolute atomic E-state index is 0.0237. The molecule has 0 heterocycles. The van der Waals surface area contributed by atoms with Crippen molar-refractivity contribution in [3.63, 3.8) is 0 Å². The van der Waals surface area contributed by atoms with Crippen LogP contribution >= 0.6 is 0 Å². The van der Waals surface area contributed by atoms with Crippen LogP contribution in [0, 0.1) is 0 Å². The third-order valence-electron chi connectivity index (χ3n) is 3.14. The van der Waals surface area contributed by atoms with Gasteiger partial charge in [0.25, 0.3) is 5.91 Å². The normalized spacial score (nSPS) is 14.6. The van der Waals surface area contributed by atoms with E-state index in [1.165, 1.54) is 6.08 Å². The number of rotatable bonds is 5. The number of carboxylic acid groups (broad SMARTS) is 1. The lowest BCUT2D eigenvalue weighted by Crippen LogP contribution is -2.32. The predicted molar refractivity (Wildman–Crippen MR) is 72.8 cm³/mol. The van der Waals surface area contributed by atoms with Gasteiger partial charge in [-0.1, -0.05) is 12.1 Å².